The van der Waals surface area contributed by atoms with E-state index < -0.39 is 0 Å². The van der Waals surface area contributed by atoms with Crippen LogP contribution in [0.4, 0.5) is 0 Å². The minimum absolute atomic E-state index is 0.227. The monoisotopic (exact) mass is 110 g/mol. The molecular weight excluding hydrogens is 103 g/mol. The van der Waals surface area contributed by atoms with Gasteiger partial charge in [0.05, 0.1) is 0 Å². The molecule has 0 aliphatic carbocycles. The highest BCUT2D eigenvalue weighted by atomic mass is 35.5. The van der Waals surface area contributed by atoms with Gasteiger partial charge in [0, 0.05) is 0 Å². The largest absolute Gasteiger partial charge is 0.216 e. The molecule has 6 heavy (non-hydrogen) atoms. The quantitative estimate of drug-likeness (QED) is 0.298. The van der Waals surface area contributed by atoms with Gasteiger partial charge >= 0.3 is 0 Å². The molecule has 0 aromatic heterocycles. The Morgan fingerprint density at radius 1 is 2.00 bits per heavy atom. The summed E-state index contributed by atoms with van der Waals surface area (Å²) in [5.74, 6) is 4.53. The summed E-state index contributed by atoms with van der Waals surface area (Å²) in [6.45, 7) is 1.70. The summed E-state index contributed by atoms with van der Waals surface area (Å²) in [6.07, 6.45) is 0. The minimum Gasteiger partial charge on any atom is -0.216 e. The average molecular weight is 111 g/mol. The Kier molecular flexibility index (Phi) is 3.46. The van der Waals surface area contributed by atoms with E-state index in [9.17, 15) is 0 Å². The number of hydrogen-bond acceptors (Lipinski definition) is 3. The molecule has 0 amide bonds. The molecule has 0 heterocycles. The van der Waals surface area contributed by atoms with Gasteiger partial charge in [0.2, 0.25) is 0 Å². The summed E-state index contributed by atoms with van der Waals surface area (Å²) in [6, 6.07) is 0. The Morgan fingerprint density at radius 3 is 2.50 bits per heavy atom. The van der Waals surface area contributed by atoms with Gasteiger partial charge in [-0.2, -0.15) is 11.4 Å². The van der Waals surface area contributed by atoms with Crippen LogP contribution in [0.25, 0.3) is 0 Å². The molecule has 0 saturated heterocycles. The number of alkyl halides is 1. The highest BCUT2D eigenvalue weighted by molar-refractivity contribution is 6.19. The number of hydrogen-bond donors (Lipinski definition) is 2. The van der Waals surface area contributed by atoms with Crippen molar-refractivity contribution < 1.29 is 4.94 Å². The molecule has 0 aliphatic rings. The van der Waals surface area contributed by atoms with Crippen molar-refractivity contribution in [3.05, 3.63) is 0 Å². The van der Waals surface area contributed by atoms with Crippen molar-refractivity contribution in [3.8, 4) is 0 Å². The van der Waals surface area contributed by atoms with Crippen LogP contribution in [0.2, 0.25) is 0 Å². The zero-order valence-electron chi connectivity index (χ0n) is 3.44. The Bertz CT molecular complexity index is 32.7. The van der Waals surface area contributed by atoms with Crippen LogP contribution in [0.1, 0.15) is 6.92 Å². The summed E-state index contributed by atoms with van der Waals surface area (Å²) in [4.78, 5) is 3.92. The fraction of sp³-hybridized carbons (Fsp3) is 1.00. The Hall–Kier alpha value is 0.170. The van der Waals surface area contributed by atoms with Crippen LogP contribution in [-0.4, -0.2) is 5.50 Å². The van der Waals surface area contributed by atoms with Crippen molar-refractivity contribution in [2.24, 2.45) is 5.90 Å². The molecule has 0 fully saturated rings. The fourth-order valence-corrected chi connectivity index (χ4v) is 0.145. The van der Waals surface area contributed by atoms with Crippen molar-refractivity contribution in [2.45, 2.75) is 12.4 Å². The van der Waals surface area contributed by atoms with E-state index in [0.29, 0.717) is 0 Å². The lowest BCUT2D eigenvalue weighted by Crippen LogP contribution is -2.24. The third kappa shape index (κ3) is 4.17. The van der Waals surface area contributed by atoms with Crippen LogP contribution in [-0.2, 0) is 4.94 Å². The molecule has 0 spiro atoms. The zero-order chi connectivity index (χ0) is 4.99. The number of rotatable bonds is 2. The Balaban J connectivity index is 2.63. The van der Waals surface area contributed by atoms with Gasteiger partial charge < -0.3 is 0 Å². The SMILES string of the molecule is CC(Cl)NON. The van der Waals surface area contributed by atoms with Crippen LogP contribution in [0.15, 0.2) is 0 Å². The molecule has 38 valence electrons. The van der Waals surface area contributed by atoms with E-state index >= 15 is 0 Å². The van der Waals surface area contributed by atoms with E-state index in [1.807, 2.05) is 0 Å². The van der Waals surface area contributed by atoms with Gasteiger partial charge in [-0.15, -0.1) is 11.6 Å². The summed E-state index contributed by atoms with van der Waals surface area (Å²) in [7, 11) is 0. The molecule has 4 heteroatoms. The first kappa shape index (κ1) is 6.17. The van der Waals surface area contributed by atoms with E-state index in [1.165, 1.54) is 0 Å². The summed E-state index contributed by atoms with van der Waals surface area (Å²) >= 11 is 5.26. The van der Waals surface area contributed by atoms with E-state index in [0.717, 1.165) is 0 Å². The highest BCUT2D eigenvalue weighted by Gasteiger charge is 1.86. The first-order chi connectivity index (χ1) is 2.77. The second kappa shape index (κ2) is 3.36. The predicted octanol–water partition coefficient (Wildman–Crippen LogP) is -0.0339. The van der Waals surface area contributed by atoms with Crippen LogP contribution in [0.3, 0.4) is 0 Å². The van der Waals surface area contributed by atoms with E-state index in [4.69, 9.17) is 11.6 Å². The molecule has 3 N–H and O–H groups in total. The topological polar surface area (TPSA) is 47.3 Å². The molecule has 0 radical (unpaired) electrons. The number of nitrogens with one attached hydrogen (secondary N) is 1. The summed E-state index contributed by atoms with van der Waals surface area (Å²) in [5.41, 5.74) is 2.02. The molecule has 0 rings (SSSR count). The first-order valence-corrected chi connectivity index (χ1v) is 1.96. The number of hydroxylamine groups is 1. The molecule has 0 saturated carbocycles. The number of nitrogens with two attached hydrogens (primary N) is 1. The smallest absolute Gasteiger partial charge is 0.105 e. The Morgan fingerprint density at radius 2 is 2.50 bits per heavy atom. The molecular formula is C2H7ClN2O. The standard InChI is InChI=1S/C2H7ClN2O/c1-2(3)5-6-4/h2,5H,4H2,1H3. The average Bonchev–Trinajstić information content (AvgIpc) is 1.35. The maximum atomic E-state index is 5.26. The lowest BCUT2D eigenvalue weighted by Gasteiger charge is -1.97. The molecule has 0 aliphatic heterocycles. The van der Waals surface area contributed by atoms with Crippen LogP contribution in [0, 0.1) is 0 Å². The van der Waals surface area contributed by atoms with Crippen molar-refractivity contribution in [2.75, 3.05) is 0 Å². The van der Waals surface area contributed by atoms with Crippen molar-refractivity contribution >= 4 is 11.6 Å². The van der Waals surface area contributed by atoms with Gasteiger partial charge in [0.25, 0.3) is 0 Å². The molecule has 1 atom stereocenters. The fourth-order valence-electron chi connectivity index (χ4n) is 0.0938. The van der Waals surface area contributed by atoms with Crippen LogP contribution < -0.4 is 11.4 Å². The second-order valence-corrected chi connectivity index (χ2v) is 1.51. The lowest BCUT2D eigenvalue weighted by atomic mass is 10.8. The van der Waals surface area contributed by atoms with E-state index in [2.05, 4.69) is 16.3 Å². The highest BCUT2D eigenvalue weighted by Crippen LogP contribution is 1.82. The minimum atomic E-state index is -0.227. The van der Waals surface area contributed by atoms with Gasteiger partial charge in [0.15, 0.2) is 0 Å². The molecule has 1 unspecified atom stereocenters. The van der Waals surface area contributed by atoms with Gasteiger partial charge in [-0.05, 0) is 6.92 Å². The van der Waals surface area contributed by atoms with Crippen molar-refractivity contribution in [1.82, 2.24) is 5.48 Å². The summed E-state index contributed by atoms with van der Waals surface area (Å²) in [5, 5.41) is 0. The first-order valence-electron chi connectivity index (χ1n) is 1.52. The second-order valence-electron chi connectivity index (χ2n) is 0.852. The van der Waals surface area contributed by atoms with Crippen molar-refractivity contribution in [3.63, 3.8) is 0 Å². The third-order valence-corrected chi connectivity index (χ3v) is 0.320. The van der Waals surface area contributed by atoms with Crippen LogP contribution >= 0.6 is 11.6 Å². The molecule has 3 nitrogen and oxygen atoms in total. The molecule has 0 bridgehead atoms. The van der Waals surface area contributed by atoms with Gasteiger partial charge in [-0.25, -0.2) is 4.94 Å². The molecule has 0 aromatic rings. The Labute approximate surface area is 41.3 Å². The molecule has 0 aromatic carbocycles. The maximum absolute atomic E-state index is 5.26. The predicted molar refractivity (Wildman–Crippen MR) is 23.7 cm³/mol. The van der Waals surface area contributed by atoms with Gasteiger partial charge in [-0.1, -0.05) is 0 Å². The maximum Gasteiger partial charge on any atom is 0.105 e. The summed E-state index contributed by atoms with van der Waals surface area (Å²) < 4.78 is 0. The third-order valence-electron chi connectivity index (χ3n) is 0.230. The normalized spacial score (nSPS) is 14.5. The van der Waals surface area contributed by atoms with E-state index in [1.54, 1.807) is 6.92 Å². The van der Waals surface area contributed by atoms with E-state index in [-0.39, 0.29) is 5.50 Å². The van der Waals surface area contributed by atoms with Crippen LogP contribution in [0.5, 0.6) is 0 Å². The lowest BCUT2D eigenvalue weighted by molar-refractivity contribution is 0.0360. The van der Waals surface area contributed by atoms with Gasteiger partial charge in [-0.3, -0.25) is 0 Å². The van der Waals surface area contributed by atoms with Crippen molar-refractivity contribution in [1.29, 1.82) is 0 Å². The number of halogens is 1. The zero-order valence-corrected chi connectivity index (χ0v) is 4.20. The van der Waals surface area contributed by atoms with Gasteiger partial charge in [0.1, 0.15) is 5.50 Å².